The average Bonchev–Trinajstić information content (AvgIpc) is 2.56. The lowest BCUT2D eigenvalue weighted by Gasteiger charge is -2.31. The van der Waals surface area contributed by atoms with Gasteiger partial charge in [0.15, 0.2) is 0 Å². The number of carbonyl (C=O) groups excluding carboxylic acids is 1. The van der Waals surface area contributed by atoms with E-state index in [0.717, 1.165) is 0 Å². The third-order valence-electron chi connectivity index (χ3n) is 3.72. The summed E-state index contributed by atoms with van der Waals surface area (Å²) < 4.78 is 46.7. The van der Waals surface area contributed by atoms with E-state index < -0.39 is 12.8 Å². The summed E-state index contributed by atoms with van der Waals surface area (Å²) in [6.07, 6.45) is -1.50. The fourth-order valence-electron chi connectivity index (χ4n) is 2.51. The standard InChI is InChI=1S/C15H19F3IN3O3/c1-2-25-14(23)10-3-5-22(6-4-10)12-7-20-13(19)11(21-12)8-24-9-15(16,17)18/h7,10H,2-6,8-9H2,1H3. The molecule has 140 valence electrons. The highest BCUT2D eigenvalue weighted by molar-refractivity contribution is 14.1. The summed E-state index contributed by atoms with van der Waals surface area (Å²) in [5, 5.41) is 0. The Morgan fingerprint density at radius 1 is 1.40 bits per heavy atom. The summed E-state index contributed by atoms with van der Waals surface area (Å²) in [5.74, 6) is 0.271. The molecule has 1 fully saturated rings. The first-order valence-electron chi connectivity index (χ1n) is 7.87. The van der Waals surface area contributed by atoms with Crippen molar-refractivity contribution in [1.82, 2.24) is 9.97 Å². The van der Waals surface area contributed by atoms with Gasteiger partial charge in [-0.1, -0.05) is 0 Å². The quantitative estimate of drug-likeness (QED) is 0.468. The van der Waals surface area contributed by atoms with Gasteiger partial charge in [-0.3, -0.25) is 4.79 Å². The molecule has 1 aliphatic heterocycles. The number of alkyl halides is 3. The third kappa shape index (κ3) is 6.24. The lowest BCUT2D eigenvalue weighted by atomic mass is 9.97. The Balaban J connectivity index is 1.94. The smallest absolute Gasteiger partial charge is 0.411 e. The van der Waals surface area contributed by atoms with Crippen LogP contribution in [0, 0.1) is 9.62 Å². The maximum Gasteiger partial charge on any atom is 0.411 e. The summed E-state index contributed by atoms with van der Waals surface area (Å²) in [6.45, 7) is 1.79. The van der Waals surface area contributed by atoms with Crippen molar-refractivity contribution in [1.29, 1.82) is 0 Å². The normalized spacial score (nSPS) is 16.1. The number of carbonyl (C=O) groups is 1. The Morgan fingerprint density at radius 3 is 2.68 bits per heavy atom. The fraction of sp³-hybridized carbons (Fsp3) is 0.667. The van der Waals surface area contributed by atoms with Gasteiger partial charge in [-0.25, -0.2) is 9.97 Å². The molecular weight excluding hydrogens is 454 g/mol. The van der Waals surface area contributed by atoms with Gasteiger partial charge in [0.2, 0.25) is 0 Å². The molecule has 0 spiro atoms. The van der Waals surface area contributed by atoms with Crippen LogP contribution < -0.4 is 4.90 Å². The monoisotopic (exact) mass is 473 g/mol. The summed E-state index contributed by atoms with van der Waals surface area (Å²) >= 11 is 1.92. The van der Waals surface area contributed by atoms with Crippen LogP contribution in [0.1, 0.15) is 25.5 Å². The number of ether oxygens (including phenoxy) is 2. The first-order chi connectivity index (χ1) is 11.8. The van der Waals surface area contributed by atoms with Crippen LogP contribution in [0.4, 0.5) is 19.0 Å². The SMILES string of the molecule is CCOC(=O)C1CCN(c2cnc(I)c(COCC(F)(F)F)n2)CC1. The molecule has 2 heterocycles. The van der Waals surface area contributed by atoms with Crippen molar-refractivity contribution in [2.45, 2.75) is 32.5 Å². The van der Waals surface area contributed by atoms with E-state index in [2.05, 4.69) is 14.7 Å². The van der Waals surface area contributed by atoms with Gasteiger partial charge in [-0.05, 0) is 42.4 Å². The summed E-state index contributed by atoms with van der Waals surface area (Å²) in [4.78, 5) is 22.3. The van der Waals surface area contributed by atoms with Crippen molar-refractivity contribution in [2.24, 2.45) is 5.92 Å². The molecule has 1 aromatic heterocycles. The number of hydrogen-bond donors (Lipinski definition) is 0. The molecule has 0 aromatic carbocycles. The zero-order valence-electron chi connectivity index (χ0n) is 13.7. The first kappa shape index (κ1) is 20.1. The summed E-state index contributed by atoms with van der Waals surface area (Å²) in [6, 6.07) is 0. The van der Waals surface area contributed by atoms with Gasteiger partial charge in [0, 0.05) is 13.1 Å². The van der Waals surface area contributed by atoms with Crippen LogP contribution in [0.3, 0.4) is 0 Å². The van der Waals surface area contributed by atoms with Gasteiger partial charge in [-0.15, -0.1) is 0 Å². The molecular formula is C15H19F3IN3O3. The largest absolute Gasteiger partial charge is 0.466 e. The van der Waals surface area contributed by atoms with Crippen molar-refractivity contribution in [2.75, 3.05) is 31.2 Å². The van der Waals surface area contributed by atoms with Crippen molar-refractivity contribution in [3.63, 3.8) is 0 Å². The second-order valence-electron chi connectivity index (χ2n) is 5.59. The zero-order valence-corrected chi connectivity index (χ0v) is 15.8. The van der Waals surface area contributed by atoms with E-state index in [9.17, 15) is 18.0 Å². The Morgan fingerprint density at radius 2 is 2.08 bits per heavy atom. The van der Waals surface area contributed by atoms with Crippen LogP contribution in [0.5, 0.6) is 0 Å². The van der Waals surface area contributed by atoms with E-state index in [4.69, 9.17) is 4.74 Å². The van der Waals surface area contributed by atoms with Crippen LogP contribution in [-0.2, 0) is 20.9 Å². The van der Waals surface area contributed by atoms with Crippen LogP contribution >= 0.6 is 22.6 Å². The second-order valence-corrected chi connectivity index (χ2v) is 6.61. The average molecular weight is 473 g/mol. The molecule has 0 atom stereocenters. The second kappa shape index (κ2) is 8.97. The van der Waals surface area contributed by atoms with Crippen LogP contribution in [0.25, 0.3) is 0 Å². The van der Waals surface area contributed by atoms with Gasteiger partial charge in [-0.2, -0.15) is 13.2 Å². The number of anilines is 1. The molecule has 6 nitrogen and oxygen atoms in total. The van der Waals surface area contributed by atoms with E-state index in [1.165, 1.54) is 0 Å². The molecule has 1 aromatic rings. The van der Waals surface area contributed by atoms with Gasteiger partial charge < -0.3 is 14.4 Å². The maximum atomic E-state index is 12.2. The van der Waals surface area contributed by atoms with E-state index in [-0.39, 0.29) is 18.5 Å². The molecule has 1 saturated heterocycles. The van der Waals surface area contributed by atoms with E-state index in [1.807, 2.05) is 27.5 Å². The lowest BCUT2D eigenvalue weighted by molar-refractivity contribution is -0.176. The molecule has 0 radical (unpaired) electrons. The predicted molar refractivity (Wildman–Crippen MR) is 92.0 cm³/mol. The highest BCUT2D eigenvalue weighted by Gasteiger charge is 2.28. The number of esters is 1. The molecule has 1 aliphatic rings. The topological polar surface area (TPSA) is 64.5 Å². The maximum absolute atomic E-state index is 12.2. The highest BCUT2D eigenvalue weighted by atomic mass is 127. The van der Waals surface area contributed by atoms with Crippen LogP contribution in [0.15, 0.2) is 6.20 Å². The highest BCUT2D eigenvalue weighted by Crippen LogP contribution is 2.24. The van der Waals surface area contributed by atoms with Gasteiger partial charge in [0.05, 0.1) is 25.3 Å². The minimum absolute atomic E-state index is 0.123. The Bertz CT molecular complexity index is 593. The molecule has 0 bridgehead atoms. The Kier molecular flexibility index (Phi) is 7.23. The molecule has 0 N–H and O–H groups in total. The van der Waals surface area contributed by atoms with Crippen LogP contribution in [-0.4, -0.2) is 48.4 Å². The molecule has 25 heavy (non-hydrogen) atoms. The summed E-state index contributed by atoms with van der Waals surface area (Å²) in [7, 11) is 0. The number of rotatable bonds is 6. The molecule has 10 heteroatoms. The fourth-order valence-corrected chi connectivity index (χ4v) is 2.93. The van der Waals surface area contributed by atoms with Gasteiger partial charge in [0.1, 0.15) is 21.8 Å². The minimum Gasteiger partial charge on any atom is -0.466 e. The zero-order chi connectivity index (χ0) is 18.4. The summed E-state index contributed by atoms with van der Waals surface area (Å²) in [5.41, 5.74) is 0.370. The number of aromatic nitrogens is 2. The van der Waals surface area contributed by atoms with E-state index in [0.29, 0.717) is 47.8 Å². The predicted octanol–water partition coefficient (Wildman–Crippen LogP) is 2.94. The Hall–Kier alpha value is -1.17. The first-order valence-corrected chi connectivity index (χ1v) is 8.95. The molecule has 0 aliphatic carbocycles. The van der Waals surface area contributed by atoms with E-state index in [1.54, 1.807) is 13.1 Å². The number of nitrogens with zero attached hydrogens (tertiary/aromatic N) is 3. The van der Waals surface area contributed by atoms with Crippen molar-refractivity contribution < 1.29 is 27.4 Å². The Labute approximate surface area is 157 Å². The number of halogens is 4. The lowest BCUT2D eigenvalue weighted by Crippen LogP contribution is -2.37. The van der Waals surface area contributed by atoms with Gasteiger partial charge in [0.25, 0.3) is 0 Å². The van der Waals surface area contributed by atoms with E-state index >= 15 is 0 Å². The number of hydrogen-bond acceptors (Lipinski definition) is 6. The van der Waals surface area contributed by atoms with Crippen molar-refractivity contribution in [3.05, 3.63) is 15.6 Å². The third-order valence-corrected chi connectivity index (χ3v) is 4.63. The van der Waals surface area contributed by atoms with Gasteiger partial charge >= 0.3 is 12.1 Å². The molecule has 0 saturated carbocycles. The minimum atomic E-state index is -4.37. The van der Waals surface area contributed by atoms with Crippen molar-refractivity contribution >= 4 is 34.4 Å². The molecule has 0 unspecified atom stereocenters. The molecule has 2 rings (SSSR count). The molecule has 0 amide bonds. The van der Waals surface area contributed by atoms with Crippen LogP contribution in [0.2, 0.25) is 0 Å². The number of piperidine rings is 1. The van der Waals surface area contributed by atoms with Crippen molar-refractivity contribution in [3.8, 4) is 0 Å².